The van der Waals surface area contributed by atoms with Crippen molar-refractivity contribution in [2.24, 2.45) is 0 Å². The van der Waals surface area contributed by atoms with E-state index >= 15 is 0 Å². The number of aliphatic hydroxyl groups excluding tert-OH is 1. The molecule has 0 spiro atoms. The van der Waals surface area contributed by atoms with Crippen molar-refractivity contribution in [1.82, 2.24) is 59.4 Å². The summed E-state index contributed by atoms with van der Waals surface area (Å²) in [5.74, 6) is 5.27. The van der Waals surface area contributed by atoms with Crippen LogP contribution in [0.1, 0.15) is 102 Å². The normalized spacial score (nSPS) is 18.4. The summed E-state index contributed by atoms with van der Waals surface area (Å²) in [6, 6.07) is 8.25. The van der Waals surface area contributed by atoms with E-state index < -0.39 is 5.95 Å². The van der Waals surface area contributed by atoms with E-state index in [0.29, 0.717) is 29.3 Å². The van der Waals surface area contributed by atoms with Crippen LogP contribution in [0.25, 0.3) is 34.2 Å². The Labute approximate surface area is 330 Å². The predicted molar refractivity (Wildman–Crippen MR) is 214 cm³/mol. The number of hydrogen-bond donors (Lipinski definition) is 2. The van der Waals surface area contributed by atoms with Crippen LogP contribution in [0.2, 0.25) is 0 Å². The zero-order valence-corrected chi connectivity index (χ0v) is 32.7. The SMILES string of the molecule is CC[C@@H]1c2nncn2-c2cnc(-c3ccnc(F)c3)nc2N1C1CCCC1.CC[C@@H]1c2nncn2-c2cnc(-c3ccnc(NC)c3)nc2N1C1CCCC1.CO. The molecule has 2 N–H and O–H groups in total. The molecule has 0 amide bonds. The first-order chi connectivity index (χ1) is 28.1. The molecule has 10 rings (SSSR count). The van der Waals surface area contributed by atoms with E-state index in [1.54, 1.807) is 31.1 Å². The first kappa shape index (κ1) is 37.9. The first-order valence-corrected chi connectivity index (χ1v) is 19.9. The second-order valence-corrected chi connectivity index (χ2v) is 14.5. The summed E-state index contributed by atoms with van der Waals surface area (Å²) in [5.41, 5.74) is 3.42. The Kier molecular flexibility index (Phi) is 11.1. The van der Waals surface area contributed by atoms with Crippen LogP contribution in [0.15, 0.2) is 61.7 Å². The molecule has 0 radical (unpaired) electrons. The molecule has 296 valence electrons. The lowest BCUT2D eigenvalue weighted by Crippen LogP contribution is -2.42. The van der Waals surface area contributed by atoms with Gasteiger partial charge in [-0.3, -0.25) is 9.13 Å². The Morgan fingerprint density at radius 2 is 1.16 bits per heavy atom. The van der Waals surface area contributed by atoms with Gasteiger partial charge >= 0.3 is 0 Å². The summed E-state index contributed by atoms with van der Waals surface area (Å²) in [5, 5.41) is 27.2. The molecule has 17 heteroatoms. The number of pyridine rings is 2. The Balaban J connectivity index is 0.000000153. The first-order valence-electron chi connectivity index (χ1n) is 19.9. The molecule has 2 aliphatic heterocycles. The predicted octanol–water partition coefficient (Wildman–Crippen LogP) is 6.46. The molecular weight excluding hydrogens is 726 g/mol. The Hall–Kier alpha value is -5.97. The average molecular weight is 774 g/mol. The number of hydrogen-bond acceptors (Lipinski definition) is 14. The van der Waals surface area contributed by atoms with Crippen LogP contribution in [-0.4, -0.2) is 90.8 Å². The van der Waals surface area contributed by atoms with Crippen molar-refractivity contribution >= 4 is 17.5 Å². The number of rotatable bonds is 7. The van der Waals surface area contributed by atoms with Crippen LogP contribution in [0.3, 0.4) is 0 Å². The largest absolute Gasteiger partial charge is 0.400 e. The van der Waals surface area contributed by atoms with Gasteiger partial charge in [0.25, 0.3) is 0 Å². The van der Waals surface area contributed by atoms with E-state index in [0.717, 1.165) is 78.8 Å². The van der Waals surface area contributed by atoms with Crippen molar-refractivity contribution in [3.63, 3.8) is 0 Å². The van der Waals surface area contributed by atoms with Crippen LogP contribution in [0, 0.1) is 5.95 Å². The van der Waals surface area contributed by atoms with Gasteiger partial charge in [-0.05, 0) is 56.7 Å². The second-order valence-electron chi connectivity index (χ2n) is 14.5. The number of aliphatic hydroxyl groups is 1. The third kappa shape index (κ3) is 7.04. The van der Waals surface area contributed by atoms with Crippen molar-refractivity contribution in [3.8, 4) is 34.2 Å². The molecule has 16 nitrogen and oxygen atoms in total. The summed E-state index contributed by atoms with van der Waals surface area (Å²) < 4.78 is 17.6. The maximum atomic E-state index is 13.6. The number of halogens is 1. The fraction of sp³-hybridized carbons (Fsp3) is 0.450. The van der Waals surface area contributed by atoms with E-state index in [9.17, 15) is 4.39 Å². The Bertz CT molecular complexity index is 2300. The van der Waals surface area contributed by atoms with Gasteiger partial charge in [0.15, 0.2) is 34.9 Å². The topological polar surface area (TPSA) is 177 Å². The van der Waals surface area contributed by atoms with E-state index in [-0.39, 0.29) is 12.1 Å². The lowest BCUT2D eigenvalue weighted by atomic mass is 10.0. The fourth-order valence-corrected chi connectivity index (χ4v) is 8.81. The van der Waals surface area contributed by atoms with Crippen LogP contribution in [0.4, 0.5) is 21.8 Å². The maximum Gasteiger partial charge on any atom is 0.213 e. The van der Waals surface area contributed by atoms with Crippen LogP contribution in [0.5, 0.6) is 0 Å². The molecule has 2 fully saturated rings. The van der Waals surface area contributed by atoms with E-state index in [4.69, 9.17) is 15.1 Å². The smallest absolute Gasteiger partial charge is 0.213 e. The van der Waals surface area contributed by atoms with Gasteiger partial charge < -0.3 is 20.2 Å². The molecule has 0 aromatic carbocycles. The number of fused-ring (bicyclic) bond motifs is 6. The zero-order chi connectivity index (χ0) is 39.5. The monoisotopic (exact) mass is 773 g/mol. The van der Waals surface area contributed by atoms with E-state index in [1.165, 1.54) is 50.8 Å². The highest BCUT2D eigenvalue weighted by Gasteiger charge is 2.40. The highest BCUT2D eigenvalue weighted by Crippen LogP contribution is 2.44. The number of anilines is 3. The summed E-state index contributed by atoms with van der Waals surface area (Å²) in [6.07, 6.45) is 22.0. The molecule has 6 aromatic heterocycles. The molecule has 8 heterocycles. The summed E-state index contributed by atoms with van der Waals surface area (Å²) in [6.45, 7) is 4.37. The molecule has 2 atom stereocenters. The highest BCUT2D eigenvalue weighted by molar-refractivity contribution is 5.68. The third-order valence-electron chi connectivity index (χ3n) is 11.4. The molecule has 57 heavy (non-hydrogen) atoms. The molecule has 0 bridgehead atoms. The lowest BCUT2D eigenvalue weighted by Gasteiger charge is -2.40. The minimum Gasteiger partial charge on any atom is -0.400 e. The van der Waals surface area contributed by atoms with Crippen molar-refractivity contribution in [2.75, 3.05) is 29.3 Å². The lowest BCUT2D eigenvalue weighted by molar-refractivity contribution is 0.399. The van der Waals surface area contributed by atoms with Crippen molar-refractivity contribution < 1.29 is 9.50 Å². The van der Waals surface area contributed by atoms with Gasteiger partial charge in [-0.25, -0.2) is 29.9 Å². The van der Waals surface area contributed by atoms with Crippen molar-refractivity contribution in [1.29, 1.82) is 0 Å². The van der Waals surface area contributed by atoms with Gasteiger partial charge in [0, 0.05) is 55.8 Å². The Morgan fingerprint density at radius 3 is 1.61 bits per heavy atom. The molecule has 2 saturated carbocycles. The zero-order valence-electron chi connectivity index (χ0n) is 32.7. The van der Waals surface area contributed by atoms with Gasteiger partial charge in [0.05, 0.1) is 24.5 Å². The fourth-order valence-electron chi connectivity index (χ4n) is 8.81. The molecule has 2 aliphatic carbocycles. The maximum absolute atomic E-state index is 13.6. The van der Waals surface area contributed by atoms with Crippen molar-refractivity contribution in [3.05, 3.63) is 79.3 Å². The van der Waals surface area contributed by atoms with Crippen LogP contribution >= 0.6 is 0 Å². The van der Waals surface area contributed by atoms with Gasteiger partial charge in [0.1, 0.15) is 29.8 Å². The summed E-state index contributed by atoms with van der Waals surface area (Å²) in [4.78, 5) is 31.9. The van der Waals surface area contributed by atoms with Gasteiger partial charge in [-0.2, -0.15) is 4.39 Å². The summed E-state index contributed by atoms with van der Waals surface area (Å²) in [7, 11) is 2.86. The van der Waals surface area contributed by atoms with Crippen LogP contribution < -0.4 is 15.1 Å². The molecule has 0 unspecified atom stereocenters. The molecule has 4 aliphatic rings. The minimum atomic E-state index is -0.533. The molecule has 6 aromatic rings. The quantitative estimate of drug-likeness (QED) is 0.169. The molecule has 0 saturated heterocycles. The van der Waals surface area contributed by atoms with Gasteiger partial charge in [0.2, 0.25) is 5.95 Å². The van der Waals surface area contributed by atoms with Gasteiger partial charge in [-0.1, -0.05) is 39.5 Å². The minimum absolute atomic E-state index is 0.125. The van der Waals surface area contributed by atoms with Crippen molar-refractivity contribution in [2.45, 2.75) is 102 Å². The standard InChI is InChI=1S/C20H24N8.C19H20FN7.CH4O/c1-3-15-20-26-24-12-27(20)16-11-23-18(13-8-9-22-17(10-13)21-2)25-19(16)28(15)14-6-4-5-7-14;1-2-14-19-25-23-11-26(19)15-10-22-17(12-7-8-21-16(20)9-12)24-18(15)27(14)13-5-3-4-6-13;1-2/h8-12,14-15H,3-7H2,1-2H3,(H,21,22);7-11,13-14H,2-6H2,1H3;2H,1H3/t15-;14-;/m11./s1. The average Bonchev–Trinajstić information content (AvgIpc) is 4.12. The highest BCUT2D eigenvalue weighted by atomic mass is 19.1. The third-order valence-corrected chi connectivity index (χ3v) is 11.4. The second kappa shape index (κ2) is 16.6. The van der Waals surface area contributed by atoms with Gasteiger partial charge in [-0.15, -0.1) is 20.4 Å². The van der Waals surface area contributed by atoms with E-state index in [1.807, 2.05) is 34.5 Å². The molecular formula is C40H48FN15O. The number of nitrogens with one attached hydrogen (secondary N) is 1. The number of nitrogens with zero attached hydrogens (tertiary/aromatic N) is 14. The summed E-state index contributed by atoms with van der Waals surface area (Å²) >= 11 is 0. The van der Waals surface area contributed by atoms with Crippen LogP contribution in [-0.2, 0) is 0 Å². The van der Waals surface area contributed by atoms with E-state index in [2.05, 4.69) is 69.3 Å². The number of aromatic nitrogens is 12. The Morgan fingerprint density at radius 1 is 0.684 bits per heavy atom.